The van der Waals surface area contributed by atoms with Gasteiger partial charge in [-0.3, -0.25) is 4.79 Å². The highest BCUT2D eigenvalue weighted by molar-refractivity contribution is 5.80. The Hall–Kier alpha value is -3.23. The van der Waals surface area contributed by atoms with Crippen molar-refractivity contribution in [2.24, 2.45) is 5.10 Å². The highest BCUT2D eigenvalue weighted by Gasteiger charge is 2.23. The Kier molecular flexibility index (Phi) is 4.45. The summed E-state index contributed by atoms with van der Waals surface area (Å²) in [7, 11) is 0. The van der Waals surface area contributed by atoms with E-state index in [-0.39, 0.29) is 17.1 Å². The molecular formula is C17H20N6O3. The Balaban J connectivity index is 2.10. The van der Waals surface area contributed by atoms with Gasteiger partial charge >= 0.3 is 0 Å². The molecule has 0 radical (unpaired) electrons. The molecule has 0 fully saturated rings. The summed E-state index contributed by atoms with van der Waals surface area (Å²) in [6, 6.07) is 4.81. The van der Waals surface area contributed by atoms with Crippen LogP contribution in [0, 0.1) is 0 Å². The molecule has 0 amide bonds. The second-order valence-electron chi connectivity index (χ2n) is 6.70. The molecule has 0 saturated heterocycles. The van der Waals surface area contributed by atoms with Gasteiger partial charge in [0.15, 0.2) is 11.5 Å². The standard InChI is InChI=1S/C17H20N6O3/c1-5-26-13-8-11(6-7-12(13)24)9-19-23-15(25)14(17(2,3)4)21-22-10-18-20-16(22)23/h6-10,24H,5H2,1-4H3. The predicted octanol–water partition coefficient (Wildman–Crippen LogP) is 1.57. The van der Waals surface area contributed by atoms with Gasteiger partial charge in [-0.25, -0.2) is 0 Å². The van der Waals surface area contributed by atoms with Gasteiger partial charge in [-0.2, -0.15) is 19.4 Å². The molecule has 0 atom stereocenters. The normalized spacial score (nSPS) is 12.2. The van der Waals surface area contributed by atoms with Gasteiger partial charge in [0.1, 0.15) is 12.0 Å². The van der Waals surface area contributed by atoms with Crippen molar-refractivity contribution in [2.45, 2.75) is 33.1 Å². The van der Waals surface area contributed by atoms with Crippen LogP contribution in [-0.2, 0) is 5.41 Å². The molecule has 0 aliphatic rings. The summed E-state index contributed by atoms with van der Waals surface area (Å²) in [5, 5.41) is 26.0. The van der Waals surface area contributed by atoms with Gasteiger partial charge in [0, 0.05) is 5.41 Å². The molecule has 9 nitrogen and oxygen atoms in total. The fourth-order valence-electron chi connectivity index (χ4n) is 2.36. The largest absolute Gasteiger partial charge is 0.504 e. The van der Waals surface area contributed by atoms with E-state index in [4.69, 9.17) is 4.74 Å². The van der Waals surface area contributed by atoms with Crippen LogP contribution in [0.2, 0.25) is 0 Å². The molecule has 3 aromatic rings. The van der Waals surface area contributed by atoms with Gasteiger partial charge in [0.2, 0.25) is 0 Å². The average molecular weight is 356 g/mol. The van der Waals surface area contributed by atoms with E-state index >= 15 is 0 Å². The fourth-order valence-corrected chi connectivity index (χ4v) is 2.36. The van der Waals surface area contributed by atoms with Gasteiger partial charge in [0.05, 0.1) is 12.8 Å². The molecule has 3 rings (SSSR count). The summed E-state index contributed by atoms with van der Waals surface area (Å²) < 4.78 is 7.94. The molecule has 0 aliphatic carbocycles. The maximum absolute atomic E-state index is 12.8. The summed E-state index contributed by atoms with van der Waals surface area (Å²) in [5.41, 5.74) is 0.179. The summed E-state index contributed by atoms with van der Waals surface area (Å²) in [6.45, 7) is 7.94. The first-order valence-electron chi connectivity index (χ1n) is 8.15. The molecule has 0 aliphatic heterocycles. The van der Waals surface area contributed by atoms with E-state index in [1.54, 1.807) is 12.1 Å². The Bertz CT molecular complexity index is 1030. The molecule has 0 unspecified atom stereocenters. The second-order valence-corrected chi connectivity index (χ2v) is 6.70. The lowest BCUT2D eigenvalue weighted by Gasteiger charge is -2.16. The summed E-state index contributed by atoms with van der Waals surface area (Å²) in [5.74, 6) is 0.601. The lowest BCUT2D eigenvalue weighted by molar-refractivity contribution is 0.318. The van der Waals surface area contributed by atoms with Crippen LogP contribution in [0.5, 0.6) is 11.5 Å². The molecule has 0 bridgehead atoms. The first-order chi connectivity index (χ1) is 12.3. The van der Waals surface area contributed by atoms with Crippen LogP contribution in [0.4, 0.5) is 0 Å². The van der Waals surface area contributed by atoms with Crippen molar-refractivity contribution in [3.63, 3.8) is 0 Å². The molecule has 9 heteroatoms. The van der Waals surface area contributed by atoms with Crippen LogP contribution in [-0.4, -0.2) is 42.4 Å². The van der Waals surface area contributed by atoms with Crippen molar-refractivity contribution in [3.05, 3.63) is 46.1 Å². The van der Waals surface area contributed by atoms with Gasteiger partial charge in [-0.1, -0.05) is 20.8 Å². The molecule has 0 spiro atoms. The van der Waals surface area contributed by atoms with Gasteiger partial charge in [-0.15, -0.1) is 10.2 Å². The number of fused-ring (bicyclic) bond motifs is 1. The summed E-state index contributed by atoms with van der Waals surface area (Å²) >= 11 is 0. The van der Waals surface area contributed by atoms with E-state index in [0.717, 1.165) is 4.68 Å². The molecule has 1 aromatic carbocycles. The van der Waals surface area contributed by atoms with E-state index in [2.05, 4.69) is 20.4 Å². The van der Waals surface area contributed by atoms with Crippen molar-refractivity contribution in [2.75, 3.05) is 6.61 Å². The van der Waals surface area contributed by atoms with Gasteiger partial charge in [-0.05, 0) is 30.7 Å². The Morgan fingerprint density at radius 3 is 2.81 bits per heavy atom. The third-order valence-corrected chi connectivity index (χ3v) is 3.62. The third kappa shape index (κ3) is 3.28. The van der Waals surface area contributed by atoms with Crippen molar-refractivity contribution < 1.29 is 9.84 Å². The van der Waals surface area contributed by atoms with Crippen molar-refractivity contribution >= 4 is 12.0 Å². The zero-order valence-corrected chi connectivity index (χ0v) is 15.0. The average Bonchev–Trinajstić information content (AvgIpc) is 3.04. The van der Waals surface area contributed by atoms with Crippen LogP contribution in [0.15, 0.2) is 34.4 Å². The lowest BCUT2D eigenvalue weighted by atomic mass is 9.93. The number of aromatic hydroxyl groups is 1. The molecular weight excluding hydrogens is 336 g/mol. The minimum absolute atomic E-state index is 0.0416. The first kappa shape index (κ1) is 17.6. The van der Waals surface area contributed by atoms with Crippen molar-refractivity contribution in [1.29, 1.82) is 0 Å². The van der Waals surface area contributed by atoms with E-state index < -0.39 is 5.41 Å². The summed E-state index contributed by atoms with van der Waals surface area (Å²) in [4.78, 5) is 12.8. The molecule has 2 aromatic heterocycles. The fraction of sp³-hybridized carbons (Fsp3) is 0.353. The van der Waals surface area contributed by atoms with E-state index in [0.29, 0.717) is 23.6 Å². The Morgan fingerprint density at radius 1 is 1.35 bits per heavy atom. The summed E-state index contributed by atoms with van der Waals surface area (Å²) in [6.07, 6.45) is 2.91. The second kappa shape index (κ2) is 6.58. The number of aromatic nitrogens is 5. The highest BCUT2D eigenvalue weighted by Crippen LogP contribution is 2.26. The predicted molar refractivity (Wildman–Crippen MR) is 96.0 cm³/mol. The minimum Gasteiger partial charge on any atom is -0.504 e. The maximum Gasteiger partial charge on any atom is 0.298 e. The van der Waals surface area contributed by atoms with E-state index in [9.17, 15) is 9.90 Å². The number of nitrogens with zero attached hydrogens (tertiary/aromatic N) is 6. The number of hydrogen-bond acceptors (Lipinski definition) is 7. The van der Waals surface area contributed by atoms with Crippen molar-refractivity contribution in [3.8, 4) is 11.5 Å². The number of phenols is 1. The third-order valence-electron chi connectivity index (χ3n) is 3.62. The van der Waals surface area contributed by atoms with Crippen LogP contribution >= 0.6 is 0 Å². The quantitative estimate of drug-likeness (QED) is 0.711. The smallest absolute Gasteiger partial charge is 0.298 e. The first-order valence-corrected chi connectivity index (χ1v) is 8.15. The molecule has 26 heavy (non-hydrogen) atoms. The molecule has 136 valence electrons. The maximum atomic E-state index is 12.8. The molecule has 0 saturated carbocycles. The lowest BCUT2D eigenvalue weighted by Crippen LogP contribution is -2.33. The van der Waals surface area contributed by atoms with E-state index in [1.807, 2.05) is 27.7 Å². The van der Waals surface area contributed by atoms with Crippen LogP contribution in [0.1, 0.15) is 39.0 Å². The van der Waals surface area contributed by atoms with Crippen LogP contribution in [0.25, 0.3) is 5.78 Å². The number of hydrogen-bond donors (Lipinski definition) is 1. The van der Waals surface area contributed by atoms with Gasteiger partial charge < -0.3 is 9.84 Å². The molecule has 1 N–H and O–H groups in total. The van der Waals surface area contributed by atoms with Crippen molar-refractivity contribution in [1.82, 2.24) is 24.5 Å². The van der Waals surface area contributed by atoms with Gasteiger partial charge in [0.25, 0.3) is 11.3 Å². The number of benzene rings is 1. The topological polar surface area (TPSA) is 107 Å². The number of phenolic OH excluding ortho intramolecular Hbond substituents is 1. The Labute approximate surface area is 149 Å². The van der Waals surface area contributed by atoms with E-state index in [1.165, 1.54) is 23.1 Å². The number of rotatable bonds is 4. The number of ether oxygens (including phenoxy) is 1. The zero-order chi connectivity index (χ0) is 18.9. The zero-order valence-electron chi connectivity index (χ0n) is 15.0. The SMILES string of the molecule is CCOc1cc(C=Nn2c(=O)c(C(C)(C)C)nn3cnnc23)ccc1O. The monoisotopic (exact) mass is 356 g/mol. The minimum atomic E-state index is -0.465. The van der Waals surface area contributed by atoms with Crippen LogP contribution < -0.4 is 10.3 Å². The van der Waals surface area contributed by atoms with Crippen LogP contribution in [0.3, 0.4) is 0 Å². The Morgan fingerprint density at radius 2 is 2.12 bits per heavy atom. The molecule has 2 heterocycles. The highest BCUT2D eigenvalue weighted by atomic mass is 16.5.